The van der Waals surface area contributed by atoms with Gasteiger partial charge in [0.15, 0.2) is 0 Å². The first kappa shape index (κ1) is 21.0. The lowest BCUT2D eigenvalue weighted by Gasteiger charge is -2.37. The predicted octanol–water partition coefficient (Wildman–Crippen LogP) is 2.64. The van der Waals surface area contributed by atoms with Crippen LogP contribution in [0.25, 0.3) is 0 Å². The van der Waals surface area contributed by atoms with E-state index < -0.39 is 4.92 Å². The number of nitrogens with one attached hydrogen (secondary N) is 1. The number of hydrogen-bond donors (Lipinski definition) is 1. The maximum absolute atomic E-state index is 12.6. The highest BCUT2D eigenvalue weighted by Crippen LogP contribution is 2.25. The number of benzene rings is 1. The molecule has 164 valence electrons. The number of piperazine rings is 1. The number of likely N-dealkylation sites (tertiary alicyclic amines) is 1. The third kappa shape index (κ3) is 5.68. The van der Waals surface area contributed by atoms with Crippen LogP contribution in [0.15, 0.2) is 42.6 Å². The topological polar surface area (TPSA) is 104 Å². The number of nitro benzene ring substituents is 1. The van der Waals surface area contributed by atoms with Gasteiger partial charge in [-0.05, 0) is 37.7 Å². The molecule has 0 aliphatic carbocycles. The number of amides is 2. The van der Waals surface area contributed by atoms with Crippen molar-refractivity contribution in [1.29, 1.82) is 0 Å². The second kappa shape index (κ2) is 9.71. The minimum atomic E-state index is -0.462. The lowest BCUT2D eigenvalue weighted by atomic mass is 10.2. The molecule has 2 aliphatic rings. The van der Waals surface area contributed by atoms with Crippen molar-refractivity contribution in [3.8, 4) is 11.5 Å². The molecule has 0 spiro atoms. The van der Waals surface area contributed by atoms with Crippen LogP contribution >= 0.6 is 0 Å². The summed E-state index contributed by atoms with van der Waals surface area (Å²) in [6, 6.07) is 8.92. The molecule has 1 aromatic heterocycles. The smallest absolute Gasteiger partial charge is 0.323 e. The van der Waals surface area contributed by atoms with Crippen molar-refractivity contribution in [2.45, 2.75) is 6.42 Å². The van der Waals surface area contributed by atoms with Crippen molar-refractivity contribution in [2.75, 3.05) is 57.7 Å². The van der Waals surface area contributed by atoms with Gasteiger partial charge in [0.25, 0.3) is 5.69 Å². The molecule has 2 saturated heterocycles. The monoisotopic (exact) mass is 426 g/mol. The summed E-state index contributed by atoms with van der Waals surface area (Å²) in [5, 5.41) is 13.6. The van der Waals surface area contributed by atoms with Gasteiger partial charge in [0.05, 0.1) is 4.92 Å². The van der Waals surface area contributed by atoms with E-state index in [9.17, 15) is 14.9 Å². The molecule has 1 aromatic carbocycles. The van der Waals surface area contributed by atoms with E-state index in [1.54, 1.807) is 23.2 Å². The quantitative estimate of drug-likeness (QED) is 0.536. The molecule has 2 fully saturated rings. The van der Waals surface area contributed by atoms with Crippen LogP contribution in [0.1, 0.15) is 6.42 Å². The Bertz CT molecular complexity index is 910. The van der Waals surface area contributed by atoms with Crippen LogP contribution in [0.4, 0.5) is 16.3 Å². The second-order valence-corrected chi connectivity index (χ2v) is 7.68. The zero-order chi connectivity index (χ0) is 21.6. The molecular formula is C21H26N6O4. The summed E-state index contributed by atoms with van der Waals surface area (Å²) in [5.74, 6) is 1.34. The van der Waals surface area contributed by atoms with Crippen LogP contribution in [-0.4, -0.2) is 83.0 Å². The molecule has 0 saturated carbocycles. The highest BCUT2D eigenvalue weighted by atomic mass is 16.6. The molecule has 10 heteroatoms. The average molecular weight is 426 g/mol. The normalized spacial score (nSPS) is 17.1. The van der Waals surface area contributed by atoms with Crippen molar-refractivity contribution < 1.29 is 14.5 Å². The van der Waals surface area contributed by atoms with Gasteiger partial charge in [0.2, 0.25) is 0 Å². The van der Waals surface area contributed by atoms with Gasteiger partial charge >= 0.3 is 6.03 Å². The molecule has 2 aromatic rings. The van der Waals surface area contributed by atoms with Crippen LogP contribution in [-0.2, 0) is 0 Å². The van der Waals surface area contributed by atoms with Crippen molar-refractivity contribution >= 4 is 17.5 Å². The largest absolute Gasteiger partial charge is 0.457 e. The third-order valence-corrected chi connectivity index (χ3v) is 5.59. The van der Waals surface area contributed by atoms with E-state index in [4.69, 9.17) is 4.74 Å². The van der Waals surface area contributed by atoms with Gasteiger partial charge in [-0.15, -0.1) is 0 Å². The first-order chi connectivity index (χ1) is 15.1. The molecular weight excluding hydrogens is 400 g/mol. The first-order valence-electron chi connectivity index (χ1n) is 10.5. The number of carbonyl (C=O) groups is 1. The fourth-order valence-corrected chi connectivity index (χ4v) is 3.57. The SMILES string of the molecule is O=C(Nc1cc(Oc2ccc([N+](=O)[O-])cc2)ccn1)N1CCN(CCN2CCC2)CC1. The highest BCUT2D eigenvalue weighted by molar-refractivity contribution is 5.88. The zero-order valence-electron chi connectivity index (χ0n) is 17.3. The van der Waals surface area contributed by atoms with Crippen molar-refractivity contribution in [1.82, 2.24) is 19.7 Å². The fraction of sp³-hybridized carbons (Fsp3) is 0.429. The third-order valence-electron chi connectivity index (χ3n) is 5.59. The first-order valence-corrected chi connectivity index (χ1v) is 10.5. The Hall–Kier alpha value is -3.24. The average Bonchev–Trinajstić information content (AvgIpc) is 2.74. The summed E-state index contributed by atoms with van der Waals surface area (Å²) in [5.41, 5.74) is -0.00401. The van der Waals surface area contributed by atoms with Gasteiger partial charge in [-0.1, -0.05) is 0 Å². The van der Waals surface area contributed by atoms with E-state index in [1.165, 1.54) is 43.8 Å². The highest BCUT2D eigenvalue weighted by Gasteiger charge is 2.22. The van der Waals surface area contributed by atoms with Gasteiger partial charge in [-0.3, -0.25) is 20.3 Å². The van der Waals surface area contributed by atoms with Gasteiger partial charge < -0.3 is 14.5 Å². The molecule has 1 N–H and O–H groups in total. The van der Waals surface area contributed by atoms with Gasteiger partial charge in [0.1, 0.15) is 17.3 Å². The van der Waals surface area contributed by atoms with Crippen LogP contribution < -0.4 is 10.1 Å². The molecule has 2 aliphatic heterocycles. The number of nitrogens with zero attached hydrogens (tertiary/aromatic N) is 5. The Morgan fingerprint density at radius 2 is 1.68 bits per heavy atom. The van der Waals surface area contributed by atoms with Gasteiger partial charge in [-0.2, -0.15) is 0 Å². The minimum Gasteiger partial charge on any atom is -0.457 e. The Morgan fingerprint density at radius 3 is 2.29 bits per heavy atom. The summed E-state index contributed by atoms with van der Waals surface area (Å²) in [7, 11) is 0. The minimum absolute atomic E-state index is 0.00401. The maximum atomic E-state index is 12.6. The van der Waals surface area contributed by atoms with E-state index in [-0.39, 0.29) is 11.7 Å². The number of aromatic nitrogens is 1. The Balaban J connectivity index is 1.26. The Morgan fingerprint density at radius 1 is 1.00 bits per heavy atom. The summed E-state index contributed by atoms with van der Waals surface area (Å²) in [6.07, 6.45) is 2.85. The van der Waals surface area contributed by atoms with Crippen molar-refractivity contribution in [3.63, 3.8) is 0 Å². The van der Waals surface area contributed by atoms with E-state index in [2.05, 4.69) is 20.1 Å². The number of hydrogen-bond acceptors (Lipinski definition) is 7. The molecule has 3 heterocycles. The molecule has 2 amide bonds. The maximum Gasteiger partial charge on any atom is 0.323 e. The predicted molar refractivity (Wildman–Crippen MR) is 115 cm³/mol. The summed E-state index contributed by atoms with van der Waals surface area (Å²) in [4.78, 5) is 33.7. The number of carbonyl (C=O) groups excluding carboxylic acids is 1. The number of rotatable bonds is 7. The lowest BCUT2D eigenvalue weighted by Crippen LogP contribution is -2.52. The van der Waals surface area contributed by atoms with Crippen molar-refractivity contribution in [3.05, 3.63) is 52.7 Å². The molecule has 0 atom stereocenters. The van der Waals surface area contributed by atoms with Gasteiger partial charge in [-0.25, -0.2) is 9.78 Å². The van der Waals surface area contributed by atoms with E-state index >= 15 is 0 Å². The Kier molecular flexibility index (Phi) is 6.58. The molecule has 0 radical (unpaired) electrons. The van der Waals surface area contributed by atoms with E-state index in [1.807, 2.05) is 0 Å². The number of non-ortho nitro benzene ring substituents is 1. The standard InChI is InChI=1S/C21H26N6O4/c28-21(26-14-12-25(13-15-26)11-10-24-8-1-9-24)23-20-16-19(6-7-22-20)31-18-4-2-17(3-5-18)27(29)30/h2-7,16H,1,8-15H2,(H,22,23,28). The summed E-state index contributed by atoms with van der Waals surface area (Å²) < 4.78 is 5.72. The Labute approximate surface area is 180 Å². The molecule has 0 bridgehead atoms. The van der Waals surface area contributed by atoms with E-state index in [0.29, 0.717) is 30.4 Å². The van der Waals surface area contributed by atoms with Crippen LogP contribution in [0.3, 0.4) is 0 Å². The van der Waals surface area contributed by atoms with Crippen LogP contribution in [0.2, 0.25) is 0 Å². The lowest BCUT2D eigenvalue weighted by molar-refractivity contribution is -0.384. The fourth-order valence-electron chi connectivity index (χ4n) is 3.57. The van der Waals surface area contributed by atoms with E-state index in [0.717, 1.165) is 26.2 Å². The zero-order valence-corrected chi connectivity index (χ0v) is 17.3. The summed E-state index contributed by atoms with van der Waals surface area (Å²) >= 11 is 0. The number of anilines is 1. The second-order valence-electron chi connectivity index (χ2n) is 7.68. The van der Waals surface area contributed by atoms with Crippen molar-refractivity contribution in [2.24, 2.45) is 0 Å². The number of nitro groups is 1. The van der Waals surface area contributed by atoms with Crippen LogP contribution in [0, 0.1) is 10.1 Å². The number of pyridine rings is 1. The number of ether oxygens (including phenoxy) is 1. The van der Waals surface area contributed by atoms with Gasteiger partial charge in [0, 0.05) is 63.7 Å². The molecule has 31 heavy (non-hydrogen) atoms. The molecule has 0 unspecified atom stereocenters. The summed E-state index contributed by atoms with van der Waals surface area (Å²) in [6.45, 7) is 7.70. The molecule has 4 rings (SSSR count). The molecule has 10 nitrogen and oxygen atoms in total. The van der Waals surface area contributed by atoms with Crippen LogP contribution in [0.5, 0.6) is 11.5 Å². The number of urea groups is 1.